The number of fused-ring (bicyclic) bond motifs is 1. The van der Waals surface area contributed by atoms with Gasteiger partial charge in [0.25, 0.3) is 0 Å². The Morgan fingerprint density at radius 1 is 1.25 bits per heavy atom. The molecule has 20 heavy (non-hydrogen) atoms. The molecule has 1 aromatic carbocycles. The van der Waals surface area contributed by atoms with E-state index >= 15 is 0 Å². The summed E-state index contributed by atoms with van der Waals surface area (Å²) in [6.45, 7) is 7.37. The number of hydrogen-bond donors (Lipinski definition) is 1. The lowest BCUT2D eigenvalue weighted by molar-refractivity contribution is 0.328. The zero-order valence-electron chi connectivity index (χ0n) is 12.4. The highest BCUT2D eigenvalue weighted by molar-refractivity contribution is 7.91. The molecule has 3 rings (SSSR count). The zero-order valence-corrected chi connectivity index (χ0v) is 13.3. The highest BCUT2D eigenvalue weighted by atomic mass is 32.2. The second-order valence-electron chi connectivity index (χ2n) is 7.34. The minimum Gasteiger partial charge on any atom is -0.311 e. The average molecular weight is 293 g/mol. The van der Waals surface area contributed by atoms with E-state index in [0.29, 0.717) is 4.90 Å². The summed E-state index contributed by atoms with van der Waals surface area (Å²) in [5, 5.41) is 3.56. The van der Waals surface area contributed by atoms with Crippen LogP contribution in [0.3, 0.4) is 0 Å². The molecule has 1 heterocycles. The van der Waals surface area contributed by atoms with Crippen molar-refractivity contribution in [2.45, 2.75) is 50.0 Å². The van der Waals surface area contributed by atoms with E-state index in [1.165, 1.54) is 0 Å². The van der Waals surface area contributed by atoms with Crippen molar-refractivity contribution in [1.82, 2.24) is 5.32 Å². The minimum absolute atomic E-state index is 0.0760. The normalized spacial score (nSPS) is 26.2. The van der Waals surface area contributed by atoms with Gasteiger partial charge in [-0.25, -0.2) is 8.42 Å². The summed E-state index contributed by atoms with van der Waals surface area (Å²) < 4.78 is 24.6. The Balaban J connectivity index is 1.89. The van der Waals surface area contributed by atoms with E-state index in [0.717, 1.165) is 24.9 Å². The van der Waals surface area contributed by atoms with Crippen molar-refractivity contribution in [2.75, 3.05) is 12.3 Å². The third-order valence-electron chi connectivity index (χ3n) is 4.62. The standard InChI is InChI=1S/C16H23NO2S/c1-15(2,3)17-11-16(8-9-16)13-10-20(18,19)14-7-5-4-6-12(13)14/h4-7,13,17H,8-11H2,1-3H3. The summed E-state index contributed by atoms with van der Waals surface area (Å²) in [5.74, 6) is 0.455. The van der Waals surface area contributed by atoms with Gasteiger partial charge in [0.05, 0.1) is 10.6 Å². The molecule has 3 nitrogen and oxygen atoms in total. The van der Waals surface area contributed by atoms with E-state index in [1.807, 2.05) is 18.2 Å². The smallest absolute Gasteiger partial charge is 0.179 e. The third kappa shape index (κ3) is 2.40. The lowest BCUT2D eigenvalue weighted by Gasteiger charge is -2.29. The second kappa shape index (κ2) is 4.31. The molecule has 1 aliphatic heterocycles. The number of rotatable bonds is 3. The highest BCUT2D eigenvalue weighted by Gasteiger charge is 2.54. The number of sulfone groups is 1. The van der Waals surface area contributed by atoms with Gasteiger partial charge in [-0.05, 0) is 50.7 Å². The van der Waals surface area contributed by atoms with E-state index in [1.54, 1.807) is 6.07 Å². The molecule has 110 valence electrons. The average Bonchev–Trinajstić information content (AvgIpc) is 3.09. The predicted octanol–water partition coefficient (Wildman–Crippen LogP) is 2.73. The summed E-state index contributed by atoms with van der Waals surface area (Å²) in [4.78, 5) is 0.562. The van der Waals surface area contributed by atoms with E-state index in [4.69, 9.17) is 0 Å². The molecule has 4 heteroatoms. The van der Waals surface area contributed by atoms with Gasteiger partial charge in [0.2, 0.25) is 0 Å². The summed E-state index contributed by atoms with van der Waals surface area (Å²) in [7, 11) is -3.08. The van der Waals surface area contributed by atoms with E-state index in [9.17, 15) is 8.42 Å². The molecule has 1 atom stereocenters. The van der Waals surface area contributed by atoms with Gasteiger partial charge in [0.1, 0.15) is 0 Å². The molecule has 1 fully saturated rings. The lowest BCUT2D eigenvalue weighted by atomic mass is 9.84. The fraction of sp³-hybridized carbons (Fsp3) is 0.625. The predicted molar refractivity (Wildman–Crippen MR) is 80.7 cm³/mol. The van der Waals surface area contributed by atoms with Crippen LogP contribution in [0.4, 0.5) is 0 Å². The van der Waals surface area contributed by atoms with Crippen LogP contribution in [0.5, 0.6) is 0 Å². The van der Waals surface area contributed by atoms with Crippen molar-refractivity contribution in [3.8, 4) is 0 Å². The van der Waals surface area contributed by atoms with E-state index in [2.05, 4.69) is 26.1 Å². The Morgan fingerprint density at radius 2 is 1.90 bits per heavy atom. The topological polar surface area (TPSA) is 46.2 Å². The Labute approximate surface area is 121 Å². The van der Waals surface area contributed by atoms with Crippen LogP contribution in [0.15, 0.2) is 29.2 Å². The molecule has 2 aliphatic rings. The maximum atomic E-state index is 12.3. The van der Waals surface area contributed by atoms with Crippen LogP contribution < -0.4 is 5.32 Å². The zero-order chi connectivity index (χ0) is 14.6. The van der Waals surface area contributed by atoms with Crippen LogP contribution in [0.2, 0.25) is 0 Å². The molecular formula is C16H23NO2S. The van der Waals surface area contributed by atoms with Crippen molar-refractivity contribution in [3.05, 3.63) is 29.8 Å². The Hall–Kier alpha value is -0.870. The Bertz CT molecular complexity index is 624. The van der Waals surface area contributed by atoms with Crippen LogP contribution in [-0.4, -0.2) is 26.3 Å². The van der Waals surface area contributed by atoms with Crippen molar-refractivity contribution in [3.63, 3.8) is 0 Å². The molecule has 1 aliphatic carbocycles. The fourth-order valence-electron chi connectivity index (χ4n) is 3.21. The lowest BCUT2D eigenvalue weighted by Crippen LogP contribution is -2.41. The van der Waals surface area contributed by atoms with E-state index < -0.39 is 9.84 Å². The second-order valence-corrected chi connectivity index (χ2v) is 9.34. The Kier molecular flexibility index (Phi) is 3.04. The molecular weight excluding hydrogens is 270 g/mol. The van der Waals surface area contributed by atoms with E-state index in [-0.39, 0.29) is 22.6 Å². The van der Waals surface area contributed by atoms with Crippen LogP contribution in [-0.2, 0) is 9.84 Å². The summed E-state index contributed by atoms with van der Waals surface area (Å²) in [5.41, 5.74) is 1.26. The first-order chi connectivity index (χ1) is 9.24. The molecule has 0 radical (unpaired) electrons. The largest absolute Gasteiger partial charge is 0.311 e. The summed E-state index contributed by atoms with van der Waals surface area (Å²) >= 11 is 0. The monoisotopic (exact) mass is 293 g/mol. The maximum Gasteiger partial charge on any atom is 0.179 e. The van der Waals surface area contributed by atoms with Crippen molar-refractivity contribution < 1.29 is 8.42 Å². The number of nitrogens with one attached hydrogen (secondary N) is 1. The quantitative estimate of drug-likeness (QED) is 0.932. The first kappa shape index (κ1) is 14.1. The van der Waals surface area contributed by atoms with Crippen molar-refractivity contribution in [1.29, 1.82) is 0 Å². The van der Waals surface area contributed by atoms with Gasteiger partial charge in [-0.1, -0.05) is 18.2 Å². The fourth-order valence-corrected chi connectivity index (χ4v) is 5.21. The van der Waals surface area contributed by atoms with Crippen LogP contribution in [0.1, 0.15) is 45.1 Å². The van der Waals surface area contributed by atoms with Gasteiger partial charge < -0.3 is 5.32 Å². The van der Waals surface area contributed by atoms with Gasteiger partial charge in [0, 0.05) is 18.0 Å². The molecule has 0 saturated heterocycles. The molecule has 0 amide bonds. The summed E-state index contributed by atoms with van der Waals surface area (Å²) in [6.07, 6.45) is 2.26. The summed E-state index contributed by atoms with van der Waals surface area (Å²) in [6, 6.07) is 7.55. The molecule has 1 N–H and O–H groups in total. The van der Waals surface area contributed by atoms with Crippen molar-refractivity contribution >= 4 is 9.84 Å². The maximum absolute atomic E-state index is 12.3. The molecule has 0 spiro atoms. The number of benzene rings is 1. The molecule has 0 bridgehead atoms. The Morgan fingerprint density at radius 3 is 2.50 bits per heavy atom. The van der Waals surface area contributed by atoms with Crippen LogP contribution >= 0.6 is 0 Å². The van der Waals surface area contributed by atoms with Gasteiger partial charge in [-0.2, -0.15) is 0 Å². The molecule has 1 saturated carbocycles. The van der Waals surface area contributed by atoms with Crippen LogP contribution in [0, 0.1) is 5.41 Å². The third-order valence-corrected chi connectivity index (χ3v) is 6.43. The van der Waals surface area contributed by atoms with Gasteiger partial charge in [-0.15, -0.1) is 0 Å². The molecule has 1 unspecified atom stereocenters. The van der Waals surface area contributed by atoms with Gasteiger partial charge in [-0.3, -0.25) is 0 Å². The molecule has 1 aromatic rings. The first-order valence-corrected chi connectivity index (χ1v) is 8.96. The van der Waals surface area contributed by atoms with Crippen LogP contribution in [0.25, 0.3) is 0 Å². The SMILES string of the molecule is CC(C)(C)NCC1(C2CS(=O)(=O)c3ccccc32)CC1. The van der Waals surface area contributed by atoms with Crippen molar-refractivity contribution in [2.24, 2.45) is 5.41 Å². The van der Waals surface area contributed by atoms with Gasteiger partial charge >= 0.3 is 0 Å². The number of hydrogen-bond acceptors (Lipinski definition) is 3. The highest BCUT2D eigenvalue weighted by Crippen LogP contribution is 2.59. The molecule has 0 aromatic heterocycles. The van der Waals surface area contributed by atoms with Gasteiger partial charge in [0.15, 0.2) is 9.84 Å². The first-order valence-electron chi connectivity index (χ1n) is 7.30. The minimum atomic E-state index is -3.08.